The Bertz CT molecular complexity index is 2500. The molecule has 0 aliphatic heterocycles. The molecule has 66 heavy (non-hydrogen) atoms. The number of benzene rings is 2. The number of Topliss-reactive ketones (excluding diaryl/α,β-unsaturated/α-hetero) is 2. The Balaban J connectivity index is 0.677. The predicted molar refractivity (Wildman–Crippen MR) is 255 cm³/mol. The zero-order valence-electron chi connectivity index (χ0n) is 40.5. The van der Waals surface area contributed by atoms with Crippen molar-refractivity contribution in [3.05, 3.63) is 48.0 Å². The maximum atomic E-state index is 14.5. The van der Waals surface area contributed by atoms with E-state index >= 15 is 0 Å². The van der Waals surface area contributed by atoms with E-state index in [0.29, 0.717) is 59.4 Å². The van der Waals surface area contributed by atoms with Gasteiger partial charge in [0.1, 0.15) is 34.2 Å². The number of rotatable bonds is 8. The standard InChI is InChI=1S/C56H76N6O4/c1-32(61-57-47-8-6-7-9-48(47)58-61)51(63)45-17-16-44-42-14-12-36-31-56(66,27-23-38(36)40(42)22-26-55(44,45)5)29-34-10-19-49-50(28-34)60-62(59-49)33(2)52(64)46-18-15-43-41-13-11-35-30-53(3,65)24-20-37(35)39(41)21-25-54(43,46)4/h6-10,19,28,32-33,35-46,65-66H,11-18,20-27,29-31H2,1-5H3/t32-,33+,35-,36-,37-,38-,39+,40+,41+,42+,43-,44-,45+,46+,53+,54-,55-,56-/m0/s1. The van der Waals surface area contributed by atoms with Gasteiger partial charge in [0, 0.05) is 18.3 Å². The van der Waals surface area contributed by atoms with Gasteiger partial charge >= 0.3 is 0 Å². The highest BCUT2D eigenvalue weighted by atomic mass is 16.3. The molecule has 0 saturated heterocycles. The molecule has 12 rings (SSSR count). The molecule has 2 aromatic heterocycles. The first kappa shape index (κ1) is 43.8. The SMILES string of the molecule is C[C@H](C(=O)[C@H]1CC[C@H]2[C@@H]3CC[C@H]4C[C@](C)(O)CC[C@@H]4[C@H]3CC[C@]12C)n1nc2ccc(C[C@@]3(O)CC[C@H]4[C@@H](CC[C@@H]5[C@@H]4CC[C@]4(C)[C@@H](C(=O)[C@H](C)n6nc7ccccc7n6)CC[C@@H]54)C3)cc2n1. The van der Waals surface area contributed by atoms with Crippen LogP contribution in [-0.2, 0) is 16.0 Å². The molecule has 2 aromatic carbocycles. The molecule has 8 fully saturated rings. The number of fused-ring (bicyclic) bond motifs is 12. The van der Waals surface area contributed by atoms with Gasteiger partial charge in [-0.25, -0.2) is 0 Å². The normalized spacial score (nSPS) is 43.8. The fourth-order valence-electron chi connectivity index (χ4n) is 18.6. The molecule has 0 radical (unpaired) electrons. The summed E-state index contributed by atoms with van der Waals surface area (Å²) in [6, 6.07) is 13.4. The van der Waals surface area contributed by atoms with Crippen LogP contribution < -0.4 is 0 Å². The summed E-state index contributed by atoms with van der Waals surface area (Å²) in [5.74, 6) is 7.37. The first-order valence-corrected chi connectivity index (χ1v) is 26.8. The fourth-order valence-corrected chi connectivity index (χ4v) is 18.6. The minimum absolute atomic E-state index is 0.0316. The number of aromatic nitrogens is 6. The van der Waals surface area contributed by atoms with Crippen LogP contribution in [0.3, 0.4) is 0 Å². The summed E-state index contributed by atoms with van der Waals surface area (Å²) in [6.45, 7) is 10.9. The number of ketones is 2. The lowest BCUT2D eigenvalue weighted by molar-refractivity contribution is -0.136. The van der Waals surface area contributed by atoms with Crippen LogP contribution in [0.2, 0.25) is 0 Å². The van der Waals surface area contributed by atoms with Gasteiger partial charge in [-0.1, -0.05) is 32.0 Å². The van der Waals surface area contributed by atoms with Crippen LogP contribution in [0.15, 0.2) is 42.5 Å². The molecule has 10 nitrogen and oxygen atoms in total. The van der Waals surface area contributed by atoms with E-state index in [0.717, 1.165) is 116 Å². The van der Waals surface area contributed by atoms with Gasteiger partial charge in [0.15, 0.2) is 11.6 Å². The van der Waals surface area contributed by atoms with Crippen molar-refractivity contribution in [2.24, 2.45) is 81.8 Å². The smallest absolute Gasteiger partial charge is 0.162 e. The second kappa shape index (κ2) is 15.8. The second-order valence-electron chi connectivity index (χ2n) is 25.1. The largest absolute Gasteiger partial charge is 0.390 e. The molecule has 0 spiro atoms. The molecule has 8 aliphatic rings. The van der Waals surface area contributed by atoms with E-state index in [9.17, 15) is 19.8 Å². The van der Waals surface area contributed by atoms with Gasteiger partial charge in [0.2, 0.25) is 0 Å². The summed E-state index contributed by atoms with van der Waals surface area (Å²) < 4.78 is 0. The van der Waals surface area contributed by atoms with Crippen LogP contribution in [0.5, 0.6) is 0 Å². The number of carbonyl (C=O) groups excluding carboxylic acids is 2. The number of hydrogen-bond donors (Lipinski definition) is 2. The zero-order chi connectivity index (χ0) is 45.5. The van der Waals surface area contributed by atoms with Gasteiger partial charge < -0.3 is 10.2 Å². The fraction of sp³-hybridized carbons (Fsp3) is 0.750. The maximum absolute atomic E-state index is 14.5. The van der Waals surface area contributed by atoms with E-state index in [1.807, 2.05) is 51.1 Å². The molecule has 354 valence electrons. The average Bonchev–Trinajstić information content (AvgIpc) is 4.09. The van der Waals surface area contributed by atoms with Crippen molar-refractivity contribution in [3.8, 4) is 0 Å². The monoisotopic (exact) mass is 897 g/mol. The lowest BCUT2D eigenvalue weighted by Crippen LogP contribution is -2.52. The van der Waals surface area contributed by atoms with Gasteiger partial charge in [-0.2, -0.15) is 30.0 Å². The van der Waals surface area contributed by atoms with Crippen molar-refractivity contribution < 1.29 is 19.8 Å². The summed E-state index contributed by atoms with van der Waals surface area (Å²) >= 11 is 0. The van der Waals surface area contributed by atoms with E-state index in [2.05, 4.69) is 26.0 Å². The first-order valence-electron chi connectivity index (χ1n) is 26.8. The highest BCUT2D eigenvalue weighted by Gasteiger charge is 2.61. The Hall–Kier alpha value is -3.50. The molecular formula is C56H76N6O4. The van der Waals surface area contributed by atoms with Crippen LogP contribution in [0.4, 0.5) is 0 Å². The highest BCUT2D eigenvalue weighted by molar-refractivity contribution is 5.87. The molecule has 18 atom stereocenters. The second-order valence-corrected chi connectivity index (χ2v) is 25.1. The zero-order valence-corrected chi connectivity index (χ0v) is 40.5. The highest BCUT2D eigenvalue weighted by Crippen LogP contribution is 2.67. The number of nitrogens with zero attached hydrogens (tertiary/aromatic N) is 6. The third-order valence-corrected chi connectivity index (χ3v) is 21.8. The first-order chi connectivity index (χ1) is 31.6. The third-order valence-electron chi connectivity index (χ3n) is 21.8. The molecule has 2 heterocycles. The molecule has 2 N–H and O–H groups in total. The van der Waals surface area contributed by atoms with Crippen LogP contribution in [0.1, 0.15) is 168 Å². The van der Waals surface area contributed by atoms with Crippen molar-refractivity contribution in [1.82, 2.24) is 30.0 Å². The number of carbonyl (C=O) groups is 2. The number of aliphatic hydroxyl groups is 2. The quantitative estimate of drug-likeness (QED) is 0.178. The summed E-state index contributed by atoms with van der Waals surface area (Å²) in [6.07, 6.45) is 20.3. The topological polar surface area (TPSA) is 136 Å². The maximum Gasteiger partial charge on any atom is 0.162 e. The molecule has 0 unspecified atom stereocenters. The van der Waals surface area contributed by atoms with E-state index in [-0.39, 0.29) is 28.7 Å². The lowest BCUT2D eigenvalue weighted by atomic mass is 9.48. The average molecular weight is 897 g/mol. The van der Waals surface area contributed by atoms with Crippen molar-refractivity contribution in [2.45, 2.75) is 180 Å². The van der Waals surface area contributed by atoms with E-state index in [4.69, 9.17) is 20.4 Å². The third kappa shape index (κ3) is 6.95. The van der Waals surface area contributed by atoms with E-state index in [1.54, 1.807) is 9.59 Å². The van der Waals surface area contributed by atoms with Crippen LogP contribution in [0, 0.1) is 81.8 Å². The summed E-state index contributed by atoms with van der Waals surface area (Å²) in [5.41, 5.74) is 3.25. The summed E-state index contributed by atoms with van der Waals surface area (Å²) in [5, 5.41) is 42.4. The minimum Gasteiger partial charge on any atom is -0.390 e. The molecule has 8 saturated carbocycles. The summed E-state index contributed by atoms with van der Waals surface area (Å²) in [7, 11) is 0. The summed E-state index contributed by atoms with van der Waals surface area (Å²) in [4.78, 5) is 32.2. The molecule has 0 bridgehead atoms. The Morgan fingerprint density at radius 1 is 0.561 bits per heavy atom. The Morgan fingerprint density at radius 3 is 1.61 bits per heavy atom. The molecule has 4 aromatic rings. The molecule has 8 aliphatic carbocycles. The Morgan fingerprint density at radius 2 is 1.05 bits per heavy atom. The predicted octanol–water partition coefficient (Wildman–Crippen LogP) is 10.7. The molecule has 10 heteroatoms. The minimum atomic E-state index is -0.737. The van der Waals surface area contributed by atoms with Gasteiger partial charge in [-0.05, 0) is 236 Å². The van der Waals surface area contributed by atoms with E-state index in [1.165, 1.54) is 44.9 Å². The lowest BCUT2D eigenvalue weighted by Gasteiger charge is -2.57. The van der Waals surface area contributed by atoms with Gasteiger partial charge in [-0.3, -0.25) is 9.59 Å². The van der Waals surface area contributed by atoms with Crippen molar-refractivity contribution >= 4 is 33.6 Å². The van der Waals surface area contributed by atoms with Crippen LogP contribution >= 0.6 is 0 Å². The van der Waals surface area contributed by atoms with Crippen LogP contribution in [0.25, 0.3) is 22.1 Å². The van der Waals surface area contributed by atoms with Crippen molar-refractivity contribution in [3.63, 3.8) is 0 Å². The van der Waals surface area contributed by atoms with E-state index < -0.39 is 17.2 Å². The van der Waals surface area contributed by atoms with Crippen molar-refractivity contribution in [1.29, 1.82) is 0 Å². The molecule has 0 amide bonds. The van der Waals surface area contributed by atoms with Gasteiger partial charge in [0.05, 0.1) is 11.2 Å². The Kier molecular flexibility index (Phi) is 10.5. The number of hydrogen-bond acceptors (Lipinski definition) is 8. The van der Waals surface area contributed by atoms with Crippen LogP contribution in [-0.4, -0.2) is 63.0 Å². The Labute approximate surface area is 391 Å². The van der Waals surface area contributed by atoms with Gasteiger partial charge in [-0.15, -0.1) is 0 Å². The van der Waals surface area contributed by atoms with Crippen molar-refractivity contribution in [2.75, 3.05) is 0 Å². The molecular weight excluding hydrogens is 821 g/mol. The van der Waals surface area contributed by atoms with Gasteiger partial charge in [0.25, 0.3) is 0 Å².